The number of aliphatic hydroxyl groups excluding tert-OH is 2. The summed E-state index contributed by atoms with van der Waals surface area (Å²) in [5.41, 5.74) is -0.559. The van der Waals surface area contributed by atoms with Crippen molar-refractivity contribution in [3.8, 4) is 0 Å². The molecule has 0 fully saturated rings. The van der Waals surface area contributed by atoms with Gasteiger partial charge in [0.15, 0.2) is 5.78 Å². The summed E-state index contributed by atoms with van der Waals surface area (Å²) < 4.78 is 5.84. The average molecular weight is 382 g/mol. The lowest BCUT2D eigenvalue weighted by Crippen LogP contribution is -2.39. The Morgan fingerprint density at radius 3 is 2.63 bits per heavy atom. The van der Waals surface area contributed by atoms with E-state index in [1.165, 1.54) is 0 Å². The molecule has 6 nitrogen and oxygen atoms in total. The van der Waals surface area contributed by atoms with E-state index in [1.807, 2.05) is 13.0 Å². The van der Waals surface area contributed by atoms with E-state index in [2.05, 4.69) is 0 Å². The van der Waals surface area contributed by atoms with E-state index < -0.39 is 29.5 Å². The zero-order valence-electron chi connectivity index (χ0n) is 16.9. The SMILES string of the molecule is C/C(=C\CCC(C)(O)[C@@H]1CC2=C(CC[C@@H](O)C2=O)O1)CCC(O)C(C)(C)O. The second kappa shape index (κ2) is 8.43. The van der Waals surface area contributed by atoms with Crippen LogP contribution in [0.3, 0.4) is 0 Å². The third-order valence-electron chi connectivity index (χ3n) is 5.72. The lowest BCUT2D eigenvalue weighted by atomic mass is 9.86. The van der Waals surface area contributed by atoms with Crippen LogP contribution < -0.4 is 0 Å². The van der Waals surface area contributed by atoms with Crippen molar-refractivity contribution in [1.82, 2.24) is 0 Å². The molecule has 1 aliphatic heterocycles. The first-order valence-electron chi connectivity index (χ1n) is 9.81. The van der Waals surface area contributed by atoms with Gasteiger partial charge in [-0.05, 0) is 59.8 Å². The zero-order valence-corrected chi connectivity index (χ0v) is 16.9. The van der Waals surface area contributed by atoms with Crippen molar-refractivity contribution in [3.63, 3.8) is 0 Å². The van der Waals surface area contributed by atoms with E-state index in [4.69, 9.17) is 4.74 Å². The van der Waals surface area contributed by atoms with Gasteiger partial charge in [-0.15, -0.1) is 0 Å². The van der Waals surface area contributed by atoms with Gasteiger partial charge in [0.25, 0.3) is 0 Å². The first-order valence-corrected chi connectivity index (χ1v) is 9.81. The Kier molecular flexibility index (Phi) is 6.90. The second-order valence-corrected chi connectivity index (χ2v) is 8.79. The van der Waals surface area contributed by atoms with Gasteiger partial charge in [0.05, 0.1) is 17.3 Å². The van der Waals surface area contributed by atoms with Gasteiger partial charge in [0, 0.05) is 18.4 Å². The average Bonchev–Trinajstić information content (AvgIpc) is 3.01. The van der Waals surface area contributed by atoms with Crippen LogP contribution in [0.5, 0.6) is 0 Å². The molecule has 0 saturated heterocycles. The van der Waals surface area contributed by atoms with Gasteiger partial charge in [-0.3, -0.25) is 4.79 Å². The Morgan fingerprint density at radius 1 is 1.33 bits per heavy atom. The second-order valence-electron chi connectivity index (χ2n) is 8.79. The first kappa shape index (κ1) is 22.1. The highest BCUT2D eigenvalue weighted by atomic mass is 16.5. The summed E-state index contributed by atoms with van der Waals surface area (Å²) in [5, 5.41) is 40.2. The van der Waals surface area contributed by atoms with Gasteiger partial charge in [0.2, 0.25) is 0 Å². The Hall–Kier alpha value is -1.21. The molecule has 0 aromatic heterocycles. The first-order chi connectivity index (χ1) is 12.4. The largest absolute Gasteiger partial charge is 0.491 e. The predicted octanol–water partition coefficient (Wildman–Crippen LogP) is 2.14. The van der Waals surface area contributed by atoms with Gasteiger partial charge in [-0.2, -0.15) is 0 Å². The van der Waals surface area contributed by atoms with Crippen molar-refractivity contribution in [2.45, 2.75) is 102 Å². The number of Topliss-reactive ketones (excluding diaryl/α,β-unsaturated/α-hetero) is 1. The Bertz CT molecular complexity index is 611. The molecule has 27 heavy (non-hydrogen) atoms. The van der Waals surface area contributed by atoms with Crippen LogP contribution in [0.4, 0.5) is 0 Å². The minimum atomic E-state index is -1.11. The number of rotatable bonds is 8. The highest BCUT2D eigenvalue weighted by molar-refractivity contribution is 6.00. The summed E-state index contributed by atoms with van der Waals surface area (Å²) in [4.78, 5) is 12.1. The Labute approximate surface area is 161 Å². The van der Waals surface area contributed by atoms with Gasteiger partial charge in [0.1, 0.15) is 18.0 Å². The topological polar surface area (TPSA) is 107 Å². The molecule has 0 spiro atoms. The number of allylic oxidation sites excluding steroid dienone is 3. The van der Waals surface area contributed by atoms with Crippen molar-refractivity contribution in [1.29, 1.82) is 0 Å². The lowest BCUT2D eigenvalue weighted by Gasteiger charge is -2.30. The van der Waals surface area contributed by atoms with Crippen LogP contribution in [-0.2, 0) is 9.53 Å². The molecule has 4 atom stereocenters. The molecule has 1 aliphatic carbocycles. The van der Waals surface area contributed by atoms with Crippen molar-refractivity contribution in [3.05, 3.63) is 23.0 Å². The molecule has 1 heterocycles. The number of ether oxygens (including phenoxy) is 1. The number of aliphatic hydroxyl groups is 4. The monoisotopic (exact) mass is 382 g/mol. The third-order valence-corrected chi connectivity index (χ3v) is 5.72. The Balaban J connectivity index is 1.82. The van der Waals surface area contributed by atoms with E-state index in [-0.39, 0.29) is 5.78 Å². The summed E-state index contributed by atoms with van der Waals surface area (Å²) in [6, 6.07) is 0. The Morgan fingerprint density at radius 2 is 2.00 bits per heavy atom. The van der Waals surface area contributed by atoms with Crippen LogP contribution in [0.1, 0.15) is 72.6 Å². The molecule has 2 rings (SSSR count). The summed E-state index contributed by atoms with van der Waals surface area (Å²) in [6.45, 7) is 6.87. The fraction of sp³-hybridized carbons (Fsp3) is 0.762. The van der Waals surface area contributed by atoms with E-state index in [0.29, 0.717) is 56.3 Å². The van der Waals surface area contributed by atoms with Crippen LogP contribution in [0.25, 0.3) is 0 Å². The fourth-order valence-electron chi connectivity index (χ4n) is 3.57. The minimum Gasteiger partial charge on any atom is -0.491 e. The molecule has 154 valence electrons. The van der Waals surface area contributed by atoms with E-state index >= 15 is 0 Å². The highest BCUT2D eigenvalue weighted by Gasteiger charge is 2.43. The fourth-order valence-corrected chi connectivity index (χ4v) is 3.57. The number of ketones is 1. The van der Waals surface area contributed by atoms with Crippen LogP contribution in [0.2, 0.25) is 0 Å². The zero-order chi connectivity index (χ0) is 20.4. The maximum Gasteiger partial charge on any atom is 0.190 e. The molecule has 2 unspecified atom stereocenters. The minimum absolute atomic E-state index is 0.268. The van der Waals surface area contributed by atoms with E-state index in [9.17, 15) is 25.2 Å². The molecule has 0 bridgehead atoms. The number of hydrogen-bond donors (Lipinski definition) is 4. The maximum atomic E-state index is 12.1. The standard InChI is InChI=1S/C21H34O6/c1-13(7-10-17(23)20(2,3)25)6-5-11-21(4,26)18-12-14-16(27-18)9-8-15(22)19(14)24/h6,15,17-18,22-23,25-26H,5,7-12H2,1-4H3/b13-6+/t15-,17?,18+,21?/m1/s1. The maximum absolute atomic E-state index is 12.1. The number of carbonyl (C=O) groups is 1. The summed E-state index contributed by atoms with van der Waals surface area (Å²) in [7, 11) is 0. The van der Waals surface area contributed by atoms with Crippen molar-refractivity contribution in [2.75, 3.05) is 0 Å². The van der Waals surface area contributed by atoms with Crippen LogP contribution in [0, 0.1) is 0 Å². The van der Waals surface area contributed by atoms with Gasteiger partial charge >= 0.3 is 0 Å². The third kappa shape index (κ3) is 5.64. The molecule has 0 saturated carbocycles. The van der Waals surface area contributed by atoms with Crippen LogP contribution >= 0.6 is 0 Å². The van der Waals surface area contributed by atoms with Crippen LogP contribution in [-0.4, -0.2) is 55.7 Å². The van der Waals surface area contributed by atoms with Gasteiger partial charge in [-0.1, -0.05) is 11.6 Å². The molecule has 0 amide bonds. The van der Waals surface area contributed by atoms with Crippen LogP contribution in [0.15, 0.2) is 23.0 Å². The smallest absolute Gasteiger partial charge is 0.190 e. The predicted molar refractivity (Wildman–Crippen MR) is 102 cm³/mol. The summed E-state index contributed by atoms with van der Waals surface area (Å²) in [5.74, 6) is 0.360. The summed E-state index contributed by atoms with van der Waals surface area (Å²) in [6.07, 6.45) is 3.40. The van der Waals surface area contributed by atoms with Gasteiger partial charge in [-0.25, -0.2) is 0 Å². The molecular weight excluding hydrogens is 348 g/mol. The summed E-state index contributed by atoms with van der Waals surface area (Å²) >= 11 is 0. The molecule has 2 aliphatic rings. The molecule has 6 heteroatoms. The molecule has 0 aromatic carbocycles. The van der Waals surface area contributed by atoms with Crippen molar-refractivity contribution in [2.24, 2.45) is 0 Å². The quantitative estimate of drug-likeness (QED) is 0.479. The lowest BCUT2D eigenvalue weighted by molar-refractivity contribution is -0.124. The molecular formula is C21H34O6. The molecule has 4 N–H and O–H groups in total. The molecule has 0 radical (unpaired) electrons. The number of carbonyl (C=O) groups excluding carboxylic acids is 1. The highest BCUT2D eigenvalue weighted by Crippen LogP contribution is 2.39. The number of hydrogen-bond acceptors (Lipinski definition) is 6. The van der Waals surface area contributed by atoms with Gasteiger partial charge < -0.3 is 25.2 Å². The van der Waals surface area contributed by atoms with E-state index in [0.717, 1.165) is 5.57 Å². The van der Waals surface area contributed by atoms with E-state index in [1.54, 1.807) is 20.8 Å². The normalized spacial score (nSPS) is 27.3. The van der Waals surface area contributed by atoms with Crippen molar-refractivity contribution >= 4 is 5.78 Å². The van der Waals surface area contributed by atoms with Crippen molar-refractivity contribution < 1.29 is 30.0 Å². The molecule has 0 aromatic rings.